The third kappa shape index (κ3) is 4.79. The molecule has 158 valence electrons. The zero-order valence-electron chi connectivity index (χ0n) is 16.4. The van der Waals surface area contributed by atoms with Crippen molar-refractivity contribution in [1.82, 2.24) is 4.57 Å². The molecule has 0 bridgehead atoms. The fraction of sp³-hybridized carbons (Fsp3) is 0.136. The maximum atomic E-state index is 12.7. The van der Waals surface area contributed by atoms with Crippen molar-refractivity contribution in [2.75, 3.05) is 13.7 Å². The third-order valence-corrected chi connectivity index (χ3v) is 5.04. The van der Waals surface area contributed by atoms with Crippen LogP contribution in [0.1, 0.15) is 15.9 Å². The van der Waals surface area contributed by atoms with Crippen LogP contribution >= 0.6 is 28.3 Å². The van der Waals surface area contributed by atoms with Gasteiger partial charge in [-0.2, -0.15) is 0 Å². The summed E-state index contributed by atoms with van der Waals surface area (Å²) < 4.78 is 7.49. The standard InChI is InChI=1S/C22H17BrN4O3.ClH/c1-25-15-5-7-21(30-3)13(8-15)9-19(26-2)17-11-27(22(29)18(24)12-28)20-6-4-14(23)10-16(17)20;/h4-11,18,28H,12,24H2,3H3;1H/b19-9-;/t18-;/m0./s1. The van der Waals surface area contributed by atoms with E-state index >= 15 is 0 Å². The largest absolute Gasteiger partial charge is 0.496 e. The van der Waals surface area contributed by atoms with Gasteiger partial charge in [0, 0.05) is 16.2 Å². The van der Waals surface area contributed by atoms with Crippen LogP contribution in [-0.4, -0.2) is 35.3 Å². The zero-order chi connectivity index (χ0) is 21.8. The highest BCUT2D eigenvalue weighted by atomic mass is 79.9. The van der Waals surface area contributed by atoms with Crippen LogP contribution in [0.5, 0.6) is 5.75 Å². The van der Waals surface area contributed by atoms with E-state index in [1.165, 1.54) is 11.7 Å². The number of aliphatic hydroxyl groups is 1. The van der Waals surface area contributed by atoms with Gasteiger partial charge >= 0.3 is 0 Å². The van der Waals surface area contributed by atoms with Gasteiger partial charge in [-0.1, -0.05) is 22.0 Å². The van der Waals surface area contributed by atoms with Gasteiger partial charge in [0.1, 0.15) is 11.8 Å². The van der Waals surface area contributed by atoms with Crippen molar-refractivity contribution in [2.24, 2.45) is 5.73 Å². The highest BCUT2D eigenvalue weighted by Crippen LogP contribution is 2.34. The maximum absolute atomic E-state index is 12.7. The van der Waals surface area contributed by atoms with E-state index in [-0.39, 0.29) is 18.1 Å². The molecule has 9 heteroatoms. The Kier molecular flexibility index (Phi) is 7.98. The molecule has 2 aromatic carbocycles. The topological polar surface area (TPSA) is 86.2 Å². The quantitative estimate of drug-likeness (QED) is 0.494. The van der Waals surface area contributed by atoms with E-state index in [0.717, 1.165) is 4.47 Å². The van der Waals surface area contributed by atoms with Gasteiger partial charge in [0.25, 0.3) is 0 Å². The van der Waals surface area contributed by atoms with Gasteiger partial charge in [-0.3, -0.25) is 9.36 Å². The molecule has 7 nitrogen and oxygen atoms in total. The summed E-state index contributed by atoms with van der Waals surface area (Å²) in [6.45, 7) is 14.5. The van der Waals surface area contributed by atoms with Crippen LogP contribution in [0.4, 0.5) is 5.69 Å². The summed E-state index contributed by atoms with van der Waals surface area (Å²) in [6, 6.07) is 9.20. The number of aromatic nitrogens is 1. The molecule has 1 heterocycles. The molecule has 3 rings (SSSR count). The summed E-state index contributed by atoms with van der Waals surface area (Å²) in [5.74, 6) is 0.0415. The van der Waals surface area contributed by atoms with Crippen LogP contribution in [0.2, 0.25) is 0 Å². The number of methoxy groups -OCH3 is 1. The Labute approximate surface area is 193 Å². The first-order valence-electron chi connectivity index (χ1n) is 8.79. The minimum Gasteiger partial charge on any atom is -0.496 e. The van der Waals surface area contributed by atoms with Crippen molar-refractivity contribution in [3.8, 4) is 5.75 Å². The van der Waals surface area contributed by atoms with Gasteiger partial charge < -0.3 is 15.6 Å². The molecule has 0 saturated heterocycles. The van der Waals surface area contributed by atoms with E-state index in [2.05, 4.69) is 25.6 Å². The Morgan fingerprint density at radius 2 is 2.06 bits per heavy atom. The molecular weight excluding hydrogens is 484 g/mol. The molecule has 0 saturated carbocycles. The Hall–Kier alpha value is -3.14. The molecule has 0 aliphatic heterocycles. The average molecular weight is 502 g/mol. The van der Waals surface area contributed by atoms with Crippen molar-refractivity contribution < 1.29 is 14.6 Å². The summed E-state index contributed by atoms with van der Waals surface area (Å²) in [5.41, 5.74) is 8.08. The van der Waals surface area contributed by atoms with Gasteiger partial charge in [0.05, 0.1) is 32.4 Å². The summed E-state index contributed by atoms with van der Waals surface area (Å²) in [7, 11) is 1.51. The molecule has 1 aromatic heterocycles. The predicted molar refractivity (Wildman–Crippen MR) is 126 cm³/mol. The minimum absolute atomic E-state index is 0. The number of carbonyl (C=O) groups is 1. The van der Waals surface area contributed by atoms with Crippen LogP contribution in [0, 0.1) is 13.1 Å². The molecule has 0 radical (unpaired) electrons. The molecule has 0 aliphatic rings. The van der Waals surface area contributed by atoms with Crippen LogP contribution in [-0.2, 0) is 0 Å². The summed E-state index contributed by atoms with van der Waals surface area (Å²) in [5, 5.41) is 9.95. The number of nitrogens with zero attached hydrogens (tertiary/aromatic N) is 3. The zero-order valence-corrected chi connectivity index (χ0v) is 18.8. The molecule has 0 spiro atoms. The Balaban J connectivity index is 0.00000341. The number of nitrogens with two attached hydrogens (primary N) is 1. The van der Waals surface area contributed by atoms with E-state index in [4.69, 9.17) is 23.6 Å². The van der Waals surface area contributed by atoms with Crippen molar-refractivity contribution in [2.45, 2.75) is 6.04 Å². The fourth-order valence-electron chi connectivity index (χ4n) is 3.07. The second-order valence-corrected chi connectivity index (χ2v) is 7.30. The average Bonchev–Trinajstić information content (AvgIpc) is 3.14. The van der Waals surface area contributed by atoms with Crippen LogP contribution in [0.15, 0.2) is 47.1 Å². The van der Waals surface area contributed by atoms with Gasteiger partial charge in [-0.05, 0) is 47.4 Å². The Morgan fingerprint density at radius 1 is 1.32 bits per heavy atom. The summed E-state index contributed by atoms with van der Waals surface area (Å²) in [4.78, 5) is 19.7. The number of halogens is 2. The number of ether oxygens (including phenoxy) is 1. The highest BCUT2D eigenvalue weighted by Gasteiger charge is 2.21. The van der Waals surface area contributed by atoms with Gasteiger partial charge in [-0.25, -0.2) is 9.69 Å². The van der Waals surface area contributed by atoms with Crippen molar-refractivity contribution in [3.63, 3.8) is 0 Å². The molecule has 0 amide bonds. The molecule has 1 atom stereocenters. The second-order valence-electron chi connectivity index (χ2n) is 6.38. The SMILES string of the molecule is Cl.[C-]#[N+]/C(=C\c1cc([N+]#[C-])ccc1OC)c1cn(C(=O)[C@@H](N)CO)c2ccc(Br)cc12. The van der Waals surface area contributed by atoms with E-state index in [1.807, 2.05) is 6.07 Å². The summed E-state index contributed by atoms with van der Waals surface area (Å²) in [6.07, 6.45) is 3.17. The number of rotatable bonds is 5. The van der Waals surface area contributed by atoms with Crippen molar-refractivity contribution in [3.05, 3.63) is 81.0 Å². The first-order chi connectivity index (χ1) is 14.4. The number of hydrogen-bond acceptors (Lipinski definition) is 4. The van der Waals surface area contributed by atoms with Crippen LogP contribution < -0.4 is 10.5 Å². The van der Waals surface area contributed by atoms with E-state index in [0.29, 0.717) is 33.5 Å². The maximum Gasteiger partial charge on any atom is 0.250 e. The predicted octanol–water partition coefficient (Wildman–Crippen LogP) is 4.76. The normalized spacial score (nSPS) is 11.9. The first kappa shape index (κ1) is 24.1. The Morgan fingerprint density at radius 3 is 2.68 bits per heavy atom. The van der Waals surface area contributed by atoms with Gasteiger partial charge in [0.15, 0.2) is 11.4 Å². The molecule has 3 N–H and O–H groups in total. The molecule has 0 aliphatic carbocycles. The van der Waals surface area contributed by atoms with Gasteiger partial charge in [0.2, 0.25) is 5.91 Å². The minimum atomic E-state index is -1.08. The number of hydrogen-bond donors (Lipinski definition) is 2. The highest BCUT2D eigenvalue weighted by molar-refractivity contribution is 9.10. The summed E-state index contributed by atoms with van der Waals surface area (Å²) >= 11 is 3.43. The smallest absolute Gasteiger partial charge is 0.250 e. The molecule has 3 aromatic rings. The lowest BCUT2D eigenvalue weighted by atomic mass is 10.1. The Bertz CT molecular complexity index is 1250. The number of aliphatic hydroxyl groups excluding tert-OH is 1. The lowest BCUT2D eigenvalue weighted by Gasteiger charge is -2.09. The van der Waals surface area contributed by atoms with Crippen molar-refractivity contribution >= 4 is 62.6 Å². The molecule has 0 fully saturated rings. The molecule has 0 unspecified atom stereocenters. The lowest BCUT2D eigenvalue weighted by molar-refractivity contribution is 0.0847. The molecular formula is C22H18BrClN4O3. The van der Waals surface area contributed by atoms with E-state index < -0.39 is 18.6 Å². The van der Waals surface area contributed by atoms with Crippen molar-refractivity contribution in [1.29, 1.82) is 0 Å². The number of carbonyl (C=O) groups excluding carboxylic acids is 1. The van der Waals surface area contributed by atoms with Crippen LogP contribution in [0.3, 0.4) is 0 Å². The van der Waals surface area contributed by atoms with Crippen LogP contribution in [0.25, 0.3) is 32.4 Å². The lowest BCUT2D eigenvalue weighted by Crippen LogP contribution is -2.37. The van der Waals surface area contributed by atoms with E-state index in [9.17, 15) is 9.90 Å². The fourth-order valence-corrected chi connectivity index (χ4v) is 3.43. The number of benzene rings is 2. The number of fused-ring (bicyclic) bond motifs is 1. The monoisotopic (exact) mass is 500 g/mol. The first-order valence-corrected chi connectivity index (χ1v) is 9.59. The van der Waals surface area contributed by atoms with Gasteiger partial charge in [-0.15, -0.1) is 12.4 Å². The van der Waals surface area contributed by atoms with E-state index in [1.54, 1.807) is 42.6 Å². The second kappa shape index (κ2) is 10.3. The molecule has 31 heavy (non-hydrogen) atoms. The third-order valence-electron chi connectivity index (χ3n) is 4.55.